The second-order valence-electron chi connectivity index (χ2n) is 7.52. The molecule has 0 saturated carbocycles. The third kappa shape index (κ3) is 4.31. The molecule has 2 amide bonds. The monoisotopic (exact) mass is 443 g/mol. The van der Waals surface area contributed by atoms with Gasteiger partial charge in [0.1, 0.15) is 0 Å². The molecule has 0 atom stereocenters. The predicted molar refractivity (Wildman–Crippen MR) is 126 cm³/mol. The summed E-state index contributed by atoms with van der Waals surface area (Å²) in [5.41, 5.74) is 4.50. The van der Waals surface area contributed by atoms with Gasteiger partial charge in [0.15, 0.2) is 4.96 Å². The third-order valence-corrected chi connectivity index (χ3v) is 6.09. The fourth-order valence-electron chi connectivity index (χ4n) is 3.63. The van der Waals surface area contributed by atoms with Gasteiger partial charge in [0, 0.05) is 48.3 Å². The Hall–Kier alpha value is -3.78. The van der Waals surface area contributed by atoms with Gasteiger partial charge in [-0.2, -0.15) is 5.10 Å². The molecule has 5 rings (SSSR count). The Bertz CT molecular complexity index is 1260. The van der Waals surface area contributed by atoms with Crippen molar-refractivity contribution in [2.45, 2.75) is 19.3 Å². The number of aromatic nitrogens is 2. The summed E-state index contributed by atoms with van der Waals surface area (Å²) in [6.45, 7) is 0.553. The van der Waals surface area contributed by atoms with Crippen LogP contribution in [0.5, 0.6) is 0 Å². The summed E-state index contributed by atoms with van der Waals surface area (Å²) in [5, 5.41) is 10.8. The minimum absolute atomic E-state index is 0.116. The number of fused-ring (bicyclic) bond motifs is 1. The highest BCUT2D eigenvalue weighted by Crippen LogP contribution is 2.23. The number of hydrogen-bond acceptors (Lipinski definition) is 5. The minimum atomic E-state index is -0.194. The van der Waals surface area contributed by atoms with Gasteiger partial charge in [-0.3, -0.25) is 14.0 Å². The van der Waals surface area contributed by atoms with E-state index in [-0.39, 0.29) is 24.7 Å². The number of nitrogens with zero attached hydrogens (tertiary/aromatic N) is 4. The first-order chi connectivity index (χ1) is 15.7. The van der Waals surface area contributed by atoms with E-state index >= 15 is 0 Å². The Morgan fingerprint density at radius 2 is 1.81 bits per heavy atom. The average molecular weight is 444 g/mol. The molecule has 1 N–H and O–H groups in total. The van der Waals surface area contributed by atoms with Crippen LogP contribution in [0.3, 0.4) is 0 Å². The first-order valence-corrected chi connectivity index (χ1v) is 11.3. The van der Waals surface area contributed by atoms with Crippen molar-refractivity contribution in [3.8, 4) is 11.3 Å². The minimum Gasteiger partial charge on any atom is -0.326 e. The number of imidazole rings is 1. The van der Waals surface area contributed by atoms with Crippen molar-refractivity contribution in [1.82, 2.24) is 14.4 Å². The van der Waals surface area contributed by atoms with Crippen molar-refractivity contribution in [3.63, 3.8) is 0 Å². The van der Waals surface area contributed by atoms with Crippen molar-refractivity contribution in [3.05, 3.63) is 77.9 Å². The maximum atomic E-state index is 12.5. The number of hydrogen-bond donors (Lipinski definition) is 1. The Labute approximate surface area is 189 Å². The van der Waals surface area contributed by atoms with Crippen LogP contribution in [0.2, 0.25) is 0 Å². The van der Waals surface area contributed by atoms with E-state index in [0.717, 1.165) is 33.9 Å². The standard InChI is InChI=1S/C24H21N5O2S/c30-22(10-11-23(31)29-13-12-20(27-29)17-4-2-1-3-5-17)25-19-8-6-18(7-9-19)21-16-28-14-15-32-24(28)26-21/h1-9,14-16H,10-13H2,(H,25,30). The van der Waals surface area contributed by atoms with Crippen LogP contribution in [-0.4, -0.2) is 38.5 Å². The first-order valence-electron chi connectivity index (χ1n) is 10.4. The van der Waals surface area contributed by atoms with Gasteiger partial charge in [0.05, 0.1) is 18.0 Å². The molecule has 7 nitrogen and oxygen atoms in total. The molecule has 0 saturated heterocycles. The number of amides is 2. The zero-order chi connectivity index (χ0) is 21.9. The average Bonchev–Trinajstić information content (AvgIpc) is 3.55. The lowest BCUT2D eigenvalue weighted by Gasteiger charge is -2.11. The van der Waals surface area contributed by atoms with Crippen molar-refractivity contribution in [1.29, 1.82) is 0 Å². The van der Waals surface area contributed by atoms with Crippen molar-refractivity contribution >= 4 is 39.5 Å². The number of carbonyl (C=O) groups is 2. The number of hydrazone groups is 1. The summed E-state index contributed by atoms with van der Waals surface area (Å²) in [5.74, 6) is -0.332. The van der Waals surface area contributed by atoms with Gasteiger partial charge in [-0.15, -0.1) is 11.3 Å². The van der Waals surface area contributed by atoms with Crippen LogP contribution < -0.4 is 5.32 Å². The number of thiazole rings is 1. The van der Waals surface area contributed by atoms with Crippen LogP contribution in [0.4, 0.5) is 5.69 Å². The van der Waals surface area contributed by atoms with Crippen molar-refractivity contribution < 1.29 is 9.59 Å². The Kier molecular flexibility index (Phi) is 5.51. The molecule has 8 heteroatoms. The molecular weight excluding hydrogens is 422 g/mol. The smallest absolute Gasteiger partial charge is 0.243 e. The Balaban J connectivity index is 1.13. The highest BCUT2D eigenvalue weighted by atomic mass is 32.1. The molecule has 3 heterocycles. The summed E-state index contributed by atoms with van der Waals surface area (Å²) in [7, 11) is 0. The SMILES string of the molecule is O=C(CCC(=O)N1CCC(c2ccccc2)=N1)Nc1ccc(-c2cn3ccsc3n2)cc1. The van der Waals surface area contributed by atoms with Crippen LogP contribution in [0.1, 0.15) is 24.8 Å². The lowest BCUT2D eigenvalue weighted by Crippen LogP contribution is -2.24. The largest absolute Gasteiger partial charge is 0.326 e. The Morgan fingerprint density at radius 3 is 2.59 bits per heavy atom. The molecule has 1 aliphatic rings. The first kappa shape index (κ1) is 20.1. The van der Waals surface area contributed by atoms with E-state index < -0.39 is 0 Å². The van der Waals surface area contributed by atoms with Crippen molar-refractivity contribution in [2.24, 2.45) is 5.10 Å². The zero-order valence-corrected chi connectivity index (χ0v) is 18.1. The highest BCUT2D eigenvalue weighted by molar-refractivity contribution is 7.15. The van der Waals surface area contributed by atoms with Crippen molar-refractivity contribution in [2.75, 3.05) is 11.9 Å². The third-order valence-electron chi connectivity index (χ3n) is 5.32. The van der Waals surface area contributed by atoms with Gasteiger partial charge in [-0.1, -0.05) is 42.5 Å². The van der Waals surface area contributed by atoms with E-state index in [2.05, 4.69) is 15.4 Å². The summed E-state index contributed by atoms with van der Waals surface area (Å²) >= 11 is 1.59. The van der Waals surface area contributed by atoms with E-state index in [1.54, 1.807) is 11.3 Å². The molecule has 1 aliphatic heterocycles. The van der Waals surface area contributed by atoms with E-state index in [4.69, 9.17) is 0 Å². The molecule has 0 unspecified atom stereocenters. The number of carbonyl (C=O) groups excluding carboxylic acids is 2. The fourth-order valence-corrected chi connectivity index (χ4v) is 4.33. The lowest BCUT2D eigenvalue weighted by atomic mass is 10.1. The quantitative estimate of drug-likeness (QED) is 0.479. The number of benzene rings is 2. The molecule has 32 heavy (non-hydrogen) atoms. The van der Waals surface area contributed by atoms with E-state index in [9.17, 15) is 9.59 Å². The molecule has 0 spiro atoms. The summed E-state index contributed by atoms with van der Waals surface area (Å²) in [6.07, 6.45) is 4.92. The van der Waals surface area contributed by atoms with Gasteiger partial charge in [-0.05, 0) is 17.7 Å². The van der Waals surface area contributed by atoms with E-state index in [1.165, 1.54) is 5.01 Å². The van der Waals surface area contributed by atoms with Crippen LogP contribution in [0.15, 0.2) is 77.5 Å². The van der Waals surface area contributed by atoms with Crippen LogP contribution >= 0.6 is 11.3 Å². The second-order valence-corrected chi connectivity index (χ2v) is 8.40. The molecule has 160 valence electrons. The molecule has 0 fully saturated rings. The maximum Gasteiger partial charge on any atom is 0.243 e. The molecule has 2 aromatic heterocycles. The van der Waals surface area contributed by atoms with Gasteiger partial charge in [0.25, 0.3) is 0 Å². The molecular formula is C24H21N5O2S. The summed E-state index contributed by atoms with van der Waals surface area (Å²) < 4.78 is 1.99. The van der Waals surface area contributed by atoms with E-state index in [1.807, 2.05) is 76.8 Å². The van der Waals surface area contributed by atoms with Gasteiger partial charge < -0.3 is 5.32 Å². The summed E-state index contributed by atoms with van der Waals surface area (Å²) in [6, 6.07) is 17.4. The molecule has 0 radical (unpaired) electrons. The molecule has 0 bridgehead atoms. The topological polar surface area (TPSA) is 79.1 Å². The zero-order valence-electron chi connectivity index (χ0n) is 17.3. The predicted octanol–water partition coefficient (Wildman–Crippen LogP) is 4.42. The number of nitrogens with one attached hydrogen (secondary N) is 1. The fraction of sp³-hybridized carbons (Fsp3) is 0.167. The Morgan fingerprint density at radius 1 is 1.00 bits per heavy atom. The molecule has 4 aromatic rings. The van der Waals surface area contributed by atoms with Gasteiger partial charge >= 0.3 is 0 Å². The van der Waals surface area contributed by atoms with Gasteiger partial charge in [-0.25, -0.2) is 9.99 Å². The lowest BCUT2D eigenvalue weighted by molar-refractivity contribution is -0.132. The second kappa shape index (κ2) is 8.76. The summed E-state index contributed by atoms with van der Waals surface area (Å²) in [4.78, 5) is 30.3. The van der Waals surface area contributed by atoms with Crippen LogP contribution in [-0.2, 0) is 9.59 Å². The maximum absolute atomic E-state index is 12.5. The number of anilines is 1. The van der Waals surface area contributed by atoms with Gasteiger partial charge in [0.2, 0.25) is 11.8 Å². The normalized spacial score (nSPS) is 13.4. The van der Waals surface area contributed by atoms with Crippen LogP contribution in [0.25, 0.3) is 16.2 Å². The highest BCUT2D eigenvalue weighted by Gasteiger charge is 2.22. The number of rotatable bonds is 6. The van der Waals surface area contributed by atoms with E-state index in [0.29, 0.717) is 12.2 Å². The van der Waals surface area contributed by atoms with Crippen LogP contribution in [0, 0.1) is 0 Å². The molecule has 0 aliphatic carbocycles. The molecule has 2 aromatic carbocycles.